The molecule has 1 unspecified atom stereocenters. The van der Waals surface area contributed by atoms with Gasteiger partial charge in [-0.3, -0.25) is 0 Å². The summed E-state index contributed by atoms with van der Waals surface area (Å²) in [6.07, 6.45) is 2.34. The molecule has 0 spiro atoms. The van der Waals surface area contributed by atoms with E-state index in [0.717, 1.165) is 12.5 Å². The molecule has 0 aromatic carbocycles. The van der Waals surface area contributed by atoms with E-state index in [1.165, 1.54) is 32.5 Å². The lowest BCUT2D eigenvalue weighted by molar-refractivity contribution is 0.121. The van der Waals surface area contributed by atoms with E-state index >= 15 is 0 Å². The summed E-state index contributed by atoms with van der Waals surface area (Å²) in [7, 11) is 2.01. The van der Waals surface area contributed by atoms with Gasteiger partial charge in [0.05, 0.1) is 0 Å². The maximum absolute atomic E-state index is 9.01. The molecular weight excluding hydrogens is 176 g/mol. The molecule has 14 heavy (non-hydrogen) atoms. The van der Waals surface area contributed by atoms with E-state index in [0.29, 0.717) is 12.5 Å². The molecule has 0 aromatic rings. The first kappa shape index (κ1) is 12.0. The van der Waals surface area contributed by atoms with Crippen LogP contribution in [0.25, 0.3) is 0 Å². The van der Waals surface area contributed by atoms with Crippen LogP contribution in [0, 0.1) is 11.8 Å². The quantitative estimate of drug-likeness (QED) is 0.680. The summed E-state index contributed by atoms with van der Waals surface area (Å²) in [5.41, 5.74) is 0. The van der Waals surface area contributed by atoms with Gasteiger partial charge >= 0.3 is 0 Å². The molecule has 0 amide bonds. The molecule has 1 atom stereocenters. The predicted octanol–water partition coefficient (Wildman–Crippen LogP) is 0.546. The lowest BCUT2D eigenvalue weighted by Crippen LogP contribution is -2.39. The van der Waals surface area contributed by atoms with Gasteiger partial charge in [0.1, 0.15) is 0 Å². The topological polar surface area (TPSA) is 35.5 Å². The first-order valence-electron chi connectivity index (χ1n) is 5.74. The summed E-state index contributed by atoms with van der Waals surface area (Å²) in [6, 6.07) is 0. The Morgan fingerprint density at radius 1 is 1.43 bits per heavy atom. The largest absolute Gasteiger partial charge is 0.396 e. The van der Waals surface area contributed by atoms with Crippen LogP contribution in [0.1, 0.15) is 19.8 Å². The summed E-state index contributed by atoms with van der Waals surface area (Å²) in [4.78, 5) is 2.52. The van der Waals surface area contributed by atoms with Crippen molar-refractivity contribution in [2.75, 3.05) is 39.8 Å². The van der Waals surface area contributed by atoms with Crippen LogP contribution < -0.4 is 5.32 Å². The molecule has 0 saturated carbocycles. The van der Waals surface area contributed by atoms with E-state index < -0.39 is 0 Å². The zero-order valence-electron chi connectivity index (χ0n) is 9.50. The third-order valence-corrected chi connectivity index (χ3v) is 3.09. The highest BCUT2D eigenvalue weighted by Gasteiger charge is 2.19. The predicted molar refractivity (Wildman–Crippen MR) is 59.3 cm³/mol. The number of nitrogens with one attached hydrogen (secondary N) is 1. The lowest BCUT2D eigenvalue weighted by atomic mass is 9.97. The maximum Gasteiger partial charge on any atom is 0.0460 e. The summed E-state index contributed by atoms with van der Waals surface area (Å²) < 4.78 is 0. The minimum Gasteiger partial charge on any atom is -0.396 e. The highest BCUT2D eigenvalue weighted by Crippen LogP contribution is 2.16. The van der Waals surface area contributed by atoms with Gasteiger partial charge in [-0.1, -0.05) is 6.92 Å². The van der Waals surface area contributed by atoms with Crippen molar-refractivity contribution < 1.29 is 5.11 Å². The van der Waals surface area contributed by atoms with Crippen LogP contribution in [0.2, 0.25) is 0 Å². The van der Waals surface area contributed by atoms with Crippen LogP contribution in [0.5, 0.6) is 0 Å². The Labute approximate surface area is 87.5 Å². The van der Waals surface area contributed by atoms with Crippen molar-refractivity contribution in [3.63, 3.8) is 0 Å². The number of hydrogen-bond acceptors (Lipinski definition) is 3. The fourth-order valence-electron chi connectivity index (χ4n) is 2.21. The average Bonchev–Trinajstić information content (AvgIpc) is 2.19. The Hall–Kier alpha value is -0.120. The van der Waals surface area contributed by atoms with Crippen molar-refractivity contribution in [3.8, 4) is 0 Å². The van der Waals surface area contributed by atoms with Gasteiger partial charge in [0.2, 0.25) is 0 Å². The Morgan fingerprint density at radius 3 is 2.57 bits per heavy atom. The molecule has 0 aliphatic carbocycles. The number of likely N-dealkylation sites (tertiary alicyclic amines) is 1. The second kappa shape index (κ2) is 6.38. The van der Waals surface area contributed by atoms with Crippen LogP contribution >= 0.6 is 0 Å². The zero-order chi connectivity index (χ0) is 10.4. The van der Waals surface area contributed by atoms with Gasteiger partial charge in [-0.15, -0.1) is 0 Å². The number of aliphatic hydroxyl groups is 1. The highest BCUT2D eigenvalue weighted by molar-refractivity contribution is 4.73. The van der Waals surface area contributed by atoms with Gasteiger partial charge < -0.3 is 15.3 Å². The molecule has 1 aliphatic heterocycles. The fourth-order valence-corrected chi connectivity index (χ4v) is 2.21. The van der Waals surface area contributed by atoms with Crippen LogP contribution in [0.3, 0.4) is 0 Å². The minimum absolute atomic E-state index is 0.375. The molecule has 1 rings (SSSR count). The molecular formula is C11H24N2O. The Kier molecular flexibility index (Phi) is 5.45. The third-order valence-electron chi connectivity index (χ3n) is 3.09. The molecule has 1 fully saturated rings. The monoisotopic (exact) mass is 200 g/mol. The van der Waals surface area contributed by atoms with E-state index in [-0.39, 0.29) is 0 Å². The molecule has 1 saturated heterocycles. The number of nitrogens with zero attached hydrogens (tertiary/aromatic N) is 1. The van der Waals surface area contributed by atoms with Gasteiger partial charge in [-0.05, 0) is 51.4 Å². The third kappa shape index (κ3) is 3.95. The molecule has 3 nitrogen and oxygen atoms in total. The molecule has 1 heterocycles. The number of hydrogen-bond donors (Lipinski definition) is 2. The van der Waals surface area contributed by atoms with Gasteiger partial charge in [-0.25, -0.2) is 0 Å². The Balaban J connectivity index is 2.15. The first-order valence-corrected chi connectivity index (χ1v) is 5.74. The van der Waals surface area contributed by atoms with Crippen LogP contribution in [0.4, 0.5) is 0 Å². The molecule has 0 bridgehead atoms. The number of rotatable bonds is 5. The highest BCUT2D eigenvalue weighted by atomic mass is 16.3. The Bertz CT molecular complexity index is 144. The van der Waals surface area contributed by atoms with Crippen molar-refractivity contribution in [3.05, 3.63) is 0 Å². The summed E-state index contributed by atoms with van der Waals surface area (Å²) in [5.74, 6) is 1.29. The van der Waals surface area contributed by atoms with Gasteiger partial charge in [0.15, 0.2) is 0 Å². The number of piperidine rings is 1. The van der Waals surface area contributed by atoms with E-state index in [2.05, 4.69) is 17.1 Å². The normalized spacial score (nSPS) is 22.5. The second-order valence-corrected chi connectivity index (χ2v) is 4.59. The average molecular weight is 200 g/mol. The van der Waals surface area contributed by atoms with Crippen LogP contribution in [-0.2, 0) is 0 Å². The summed E-state index contributed by atoms with van der Waals surface area (Å²) in [6.45, 7) is 7.28. The van der Waals surface area contributed by atoms with E-state index in [1.807, 2.05) is 7.05 Å². The van der Waals surface area contributed by atoms with Crippen LogP contribution in [-0.4, -0.2) is 49.8 Å². The molecule has 3 heteroatoms. The van der Waals surface area contributed by atoms with Crippen molar-refractivity contribution in [1.29, 1.82) is 0 Å². The van der Waals surface area contributed by atoms with Crippen LogP contribution in [0.15, 0.2) is 0 Å². The van der Waals surface area contributed by atoms with Crippen molar-refractivity contribution >= 4 is 0 Å². The van der Waals surface area contributed by atoms with Crippen molar-refractivity contribution in [2.24, 2.45) is 11.8 Å². The molecule has 0 radical (unpaired) electrons. The SMILES string of the molecule is CNCC(C)CN1CCC(CO)CC1. The smallest absolute Gasteiger partial charge is 0.0460 e. The Morgan fingerprint density at radius 2 is 2.07 bits per heavy atom. The first-order chi connectivity index (χ1) is 6.76. The summed E-state index contributed by atoms with van der Waals surface area (Å²) >= 11 is 0. The van der Waals surface area contributed by atoms with E-state index in [9.17, 15) is 0 Å². The maximum atomic E-state index is 9.01. The van der Waals surface area contributed by atoms with Crippen molar-refractivity contribution in [1.82, 2.24) is 10.2 Å². The molecule has 1 aliphatic rings. The van der Waals surface area contributed by atoms with Crippen molar-refractivity contribution in [2.45, 2.75) is 19.8 Å². The standard InChI is InChI=1S/C11H24N2O/c1-10(7-12-2)8-13-5-3-11(9-14)4-6-13/h10-12,14H,3-9H2,1-2H3. The van der Waals surface area contributed by atoms with Gasteiger partial charge in [0, 0.05) is 13.2 Å². The summed E-state index contributed by atoms with van der Waals surface area (Å²) in [5, 5.41) is 12.2. The number of aliphatic hydroxyl groups excluding tert-OH is 1. The van der Waals surface area contributed by atoms with E-state index in [1.54, 1.807) is 0 Å². The fraction of sp³-hybridized carbons (Fsp3) is 1.00. The molecule has 2 N–H and O–H groups in total. The van der Waals surface area contributed by atoms with Gasteiger partial charge in [0.25, 0.3) is 0 Å². The van der Waals surface area contributed by atoms with Gasteiger partial charge in [-0.2, -0.15) is 0 Å². The molecule has 0 aromatic heterocycles. The lowest BCUT2D eigenvalue weighted by Gasteiger charge is -2.32. The molecule has 84 valence electrons. The minimum atomic E-state index is 0.375. The zero-order valence-corrected chi connectivity index (χ0v) is 9.50. The van der Waals surface area contributed by atoms with E-state index in [4.69, 9.17) is 5.11 Å². The second-order valence-electron chi connectivity index (χ2n) is 4.59.